The number of carbonyl (C=O) groups is 1. The molecule has 1 amide bonds. The molecule has 3 N–H and O–H groups in total. The molecule has 6 heteroatoms. The maximum Gasteiger partial charge on any atom is 0.263 e. The van der Waals surface area contributed by atoms with Crippen molar-refractivity contribution in [3.8, 4) is 0 Å². The summed E-state index contributed by atoms with van der Waals surface area (Å²) >= 11 is 3.11. The summed E-state index contributed by atoms with van der Waals surface area (Å²) in [7, 11) is 2.07. The van der Waals surface area contributed by atoms with Crippen molar-refractivity contribution in [3.63, 3.8) is 0 Å². The van der Waals surface area contributed by atoms with Crippen LogP contribution < -0.4 is 16.0 Å². The van der Waals surface area contributed by atoms with Gasteiger partial charge in [0.2, 0.25) is 0 Å². The van der Waals surface area contributed by atoms with Crippen molar-refractivity contribution >= 4 is 39.7 Å². The Balaban J connectivity index is 2.96. The summed E-state index contributed by atoms with van der Waals surface area (Å²) in [6, 6.07) is 0. The number of thioether (sulfide) groups is 1. The Bertz CT molecular complexity index is 472. The van der Waals surface area contributed by atoms with Crippen LogP contribution in [0.4, 0.5) is 10.7 Å². The number of nitrogen functional groups attached to an aromatic ring is 1. The number of thiophene rings is 1. The monoisotopic (exact) mass is 329 g/mol. The van der Waals surface area contributed by atoms with E-state index in [2.05, 4.69) is 31.1 Å². The highest BCUT2D eigenvalue weighted by molar-refractivity contribution is 7.99. The highest BCUT2D eigenvalue weighted by atomic mass is 32.2. The summed E-state index contributed by atoms with van der Waals surface area (Å²) in [5, 5.41) is 4.01. The quantitative estimate of drug-likeness (QED) is 0.714. The van der Waals surface area contributed by atoms with Crippen LogP contribution in [0.25, 0.3) is 0 Å². The van der Waals surface area contributed by atoms with Gasteiger partial charge in [-0.2, -0.15) is 0 Å². The van der Waals surface area contributed by atoms with Gasteiger partial charge in [0.05, 0.1) is 10.6 Å². The molecule has 4 nitrogen and oxygen atoms in total. The Morgan fingerprint density at radius 2 is 2.14 bits per heavy atom. The number of nitrogens with two attached hydrogens (primary N) is 1. The molecule has 1 aromatic rings. The van der Waals surface area contributed by atoms with Crippen molar-refractivity contribution < 1.29 is 4.79 Å². The Kier molecular flexibility index (Phi) is 7.39. The standard InChI is InChI=1S/C15H27N3OS2/c1-6-8-17-14(19)12-11(16)13(20-5)15(21-12)18(4)9-7-10(2)3/h10H,6-9,16H2,1-5H3,(H,17,19). The van der Waals surface area contributed by atoms with Gasteiger partial charge in [0, 0.05) is 20.1 Å². The van der Waals surface area contributed by atoms with Gasteiger partial charge in [-0.05, 0) is 25.0 Å². The van der Waals surface area contributed by atoms with Gasteiger partial charge in [-0.3, -0.25) is 4.79 Å². The second-order valence-electron chi connectivity index (χ2n) is 5.54. The molecule has 21 heavy (non-hydrogen) atoms. The Morgan fingerprint density at radius 1 is 1.48 bits per heavy atom. The van der Waals surface area contributed by atoms with Crippen molar-refractivity contribution in [2.24, 2.45) is 5.92 Å². The van der Waals surface area contributed by atoms with E-state index in [0.29, 0.717) is 23.0 Å². The minimum Gasteiger partial charge on any atom is -0.396 e. The molecular formula is C15H27N3OS2. The summed E-state index contributed by atoms with van der Waals surface area (Å²) in [4.78, 5) is 16.1. The lowest BCUT2D eigenvalue weighted by molar-refractivity contribution is 0.0958. The second-order valence-corrected chi connectivity index (χ2v) is 7.36. The first-order chi connectivity index (χ1) is 9.92. The molecular weight excluding hydrogens is 302 g/mol. The average molecular weight is 330 g/mol. The molecule has 0 saturated heterocycles. The van der Waals surface area contributed by atoms with Gasteiger partial charge in [0.1, 0.15) is 9.88 Å². The zero-order valence-corrected chi connectivity index (χ0v) is 15.3. The van der Waals surface area contributed by atoms with Crippen LogP contribution in [0.15, 0.2) is 4.90 Å². The molecule has 0 aliphatic heterocycles. The Morgan fingerprint density at radius 3 is 2.67 bits per heavy atom. The SMILES string of the molecule is CCCNC(=O)c1sc(N(C)CCC(C)C)c(SC)c1N. The molecule has 0 aliphatic rings. The van der Waals surface area contributed by atoms with E-state index >= 15 is 0 Å². The number of hydrogen-bond donors (Lipinski definition) is 2. The van der Waals surface area contributed by atoms with E-state index in [-0.39, 0.29) is 5.91 Å². The minimum atomic E-state index is -0.0573. The fourth-order valence-electron chi connectivity index (χ4n) is 1.91. The molecule has 0 spiro atoms. The van der Waals surface area contributed by atoms with Crippen LogP contribution in [-0.4, -0.2) is 32.3 Å². The van der Waals surface area contributed by atoms with E-state index in [1.54, 1.807) is 11.8 Å². The molecule has 120 valence electrons. The maximum atomic E-state index is 12.2. The molecule has 0 fully saturated rings. The first-order valence-electron chi connectivity index (χ1n) is 7.37. The van der Waals surface area contributed by atoms with Crippen molar-refractivity contribution in [1.82, 2.24) is 5.32 Å². The summed E-state index contributed by atoms with van der Waals surface area (Å²) in [5.41, 5.74) is 6.80. The molecule has 0 saturated carbocycles. The number of carbonyl (C=O) groups excluding carboxylic acids is 1. The van der Waals surface area contributed by atoms with Crippen LogP contribution in [0.1, 0.15) is 43.3 Å². The molecule has 0 unspecified atom stereocenters. The maximum absolute atomic E-state index is 12.2. The first kappa shape index (κ1) is 18.2. The van der Waals surface area contributed by atoms with Gasteiger partial charge < -0.3 is 16.0 Å². The zero-order chi connectivity index (χ0) is 16.0. The molecule has 0 aliphatic carbocycles. The topological polar surface area (TPSA) is 58.4 Å². The van der Waals surface area contributed by atoms with Crippen LogP contribution in [0.5, 0.6) is 0 Å². The summed E-state index contributed by atoms with van der Waals surface area (Å²) in [6.07, 6.45) is 4.05. The van der Waals surface area contributed by atoms with Gasteiger partial charge in [0.15, 0.2) is 0 Å². The van der Waals surface area contributed by atoms with Gasteiger partial charge >= 0.3 is 0 Å². The average Bonchev–Trinajstić information content (AvgIpc) is 2.79. The number of hydrogen-bond acceptors (Lipinski definition) is 5. The third-order valence-corrected chi connectivity index (χ3v) is 5.49. The van der Waals surface area contributed by atoms with Crippen LogP contribution in [0.2, 0.25) is 0 Å². The Hall–Kier alpha value is -0.880. The normalized spacial score (nSPS) is 11.0. The predicted octanol–water partition coefficient (Wildman–Crippen LogP) is 3.67. The number of rotatable bonds is 8. The van der Waals surface area contributed by atoms with Gasteiger partial charge in [0.25, 0.3) is 5.91 Å². The molecule has 1 rings (SSSR count). The molecule has 1 heterocycles. The van der Waals surface area contributed by atoms with Crippen molar-refractivity contribution in [2.75, 3.05) is 37.0 Å². The Labute approximate surface area is 136 Å². The summed E-state index contributed by atoms with van der Waals surface area (Å²) in [5.74, 6) is 0.605. The van der Waals surface area contributed by atoms with E-state index < -0.39 is 0 Å². The second kappa shape index (κ2) is 8.54. The van der Waals surface area contributed by atoms with Crippen molar-refractivity contribution in [1.29, 1.82) is 0 Å². The number of anilines is 2. The van der Waals surface area contributed by atoms with Crippen molar-refractivity contribution in [3.05, 3.63) is 4.88 Å². The summed E-state index contributed by atoms with van der Waals surface area (Å²) < 4.78 is 0. The lowest BCUT2D eigenvalue weighted by atomic mass is 10.1. The number of nitrogens with one attached hydrogen (secondary N) is 1. The van der Waals surface area contributed by atoms with E-state index in [1.165, 1.54) is 11.3 Å². The molecule has 0 bridgehead atoms. The number of amides is 1. The lowest BCUT2D eigenvalue weighted by Crippen LogP contribution is -2.23. The largest absolute Gasteiger partial charge is 0.396 e. The lowest BCUT2D eigenvalue weighted by Gasteiger charge is -2.19. The van der Waals surface area contributed by atoms with Gasteiger partial charge in [-0.1, -0.05) is 20.8 Å². The van der Waals surface area contributed by atoms with Gasteiger partial charge in [-0.25, -0.2) is 0 Å². The summed E-state index contributed by atoms with van der Waals surface area (Å²) in [6.45, 7) is 8.13. The van der Waals surface area contributed by atoms with E-state index in [9.17, 15) is 4.79 Å². The zero-order valence-electron chi connectivity index (χ0n) is 13.7. The van der Waals surface area contributed by atoms with Crippen LogP contribution in [-0.2, 0) is 0 Å². The van der Waals surface area contributed by atoms with E-state index in [4.69, 9.17) is 5.73 Å². The smallest absolute Gasteiger partial charge is 0.263 e. The minimum absolute atomic E-state index is 0.0573. The highest BCUT2D eigenvalue weighted by Crippen LogP contribution is 2.43. The third-order valence-electron chi connectivity index (χ3n) is 3.22. The highest BCUT2D eigenvalue weighted by Gasteiger charge is 2.22. The molecule has 0 atom stereocenters. The third kappa shape index (κ3) is 4.81. The molecule has 0 aromatic carbocycles. The predicted molar refractivity (Wildman–Crippen MR) is 95.9 cm³/mol. The fraction of sp³-hybridized carbons (Fsp3) is 0.667. The van der Waals surface area contributed by atoms with Crippen LogP contribution in [0, 0.1) is 5.92 Å². The van der Waals surface area contributed by atoms with Gasteiger partial charge in [-0.15, -0.1) is 23.1 Å². The molecule has 1 aromatic heterocycles. The van der Waals surface area contributed by atoms with Crippen molar-refractivity contribution in [2.45, 2.75) is 38.5 Å². The molecule has 0 radical (unpaired) electrons. The number of nitrogens with zero attached hydrogens (tertiary/aromatic N) is 1. The van der Waals surface area contributed by atoms with Crippen LogP contribution >= 0.6 is 23.1 Å². The van der Waals surface area contributed by atoms with Crippen LogP contribution in [0.3, 0.4) is 0 Å². The van der Waals surface area contributed by atoms with E-state index in [0.717, 1.165) is 29.3 Å². The van der Waals surface area contributed by atoms with E-state index in [1.807, 2.05) is 13.2 Å². The first-order valence-corrected chi connectivity index (χ1v) is 9.42. The fourth-order valence-corrected chi connectivity index (χ4v) is 4.02.